The van der Waals surface area contributed by atoms with Gasteiger partial charge in [0.2, 0.25) is 0 Å². The normalized spacial score (nSPS) is 17.9. The Labute approximate surface area is 205 Å². The molecule has 5 nitrogen and oxygen atoms in total. The van der Waals surface area contributed by atoms with Gasteiger partial charge in [0.15, 0.2) is 11.7 Å². The molecule has 0 unspecified atom stereocenters. The first-order valence-electron chi connectivity index (χ1n) is 11.9. The van der Waals surface area contributed by atoms with E-state index in [1.807, 2.05) is 0 Å². The molecule has 0 spiro atoms. The predicted octanol–water partition coefficient (Wildman–Crippen LogP) is 6.21. The third-order valence-electron chi connectivity index (χ3n) is 6.75. The lowest BCUT2D eigenvalue weighted by Crippen LogP contribution is -2.19. The lowest BCUT2D eigenvalue weighted by atomic mass is 9.87. The minimum Gasteiger partial charge on any atom is -0.440 e. The monoisotopic (exact) mass is 494 g/mol. The number of halogens is 3. The fourth-order valence-corrected chi connectivity index (χ4v) is 4.97. The van der Waals surface area contributed by atoms with Crippen LogP contribution < -0.4 is 5.56 Å². The average Bonchev–Trinajstić information content (AvgIpc) is 3.25. The summed E-state index contributed by atoms with van der Waals surface area (Å²) in [7, 11) is 0. The van der Waals surface area contributed by atoms with Crippen LogP contribution in [0.15, 0.2) is 57.9 Å². The molecule has 2 heterocycles. The second-order valence-corrected chi connectivity index (χ2v) is 9.37. The van der Waals surface area contributed by atoms with Crippen LogP contribution in [0.2, 0.25) is 0 Å². The Morgan fingerprint density at radius 3 is 2.31 bits per heavy atom. The standard InChI is InChI=1S/C28H25F3N2O3/c1-15-11-20(30)12-16(2)26(15)33-14-18(5-10-24(33)35)25-27(22-9-6-19(29)13-23(22)31)36-28(32-25)17-3-7-21(34)8-4-17/h5-6,9-14,17,21,34H,3-4,7-8H2,1-2H3/t17-,21+. The van der Waals surface area contributed by atoms with Crippen LogP contribution >= 0.6 is 0 Å². The topological polar surface area (TPSA) is 68.3 Å². The molecule has 4 aromatic rings. The Morgan fingerprint density at radius 1 is 0.944 bits per heavy atom. The maximum atomic E-state index is 14.8. The zero-order valence-electron chi connectivity index (χ0n) is 19.9. The Bertz CT molecular complexity index is 1480. The van der Waals surface area contributed by atoms with Crippen molar-refractivity contribution in [2.24, 2.45) is 0 Å². The summed E-state index contributed by atoms with van der Waals surface area (Å²) in [5, 5.41) is 9.89. The summed E-state index contributed by atoms with van der Waals surface area (Å²) >= 11 is 0. The van der Waals surface area contributed by atoms with Crippen LogP contribution in [-0.4, -0.2) is 20.8 Å². The van der Waals surface area contributed by atoms with Crippen molar-refractivity contribution < 1.29 is 22.7 Å². The summed E-state index contributed by atoms with van der Waals surface area (Å²) < 4.78 is 49.9. The van der Waals surface area contributed by atoms with Crippen LogP contribution in [0.5, 0.6) is 0 Å². The van der Waals surface area contributed by atoms with Crippen LogP contribution in [0.25, 0.3) is 28.3 Å². The molecule has 186 valence electrons. The van der Waals surface area contributed by atoms with Gasteiger partial charge in [-0.25, -0.2) is 18.2 Å². The van der Waals surface area contributed by atoms with Gasteiger partial charge in [-0.2, -0.15) is 0 Å². The van der Waals surface area contributed by atoms with Crippen LogP contribution in [-0.2, 0) is 0 Å². The summed E-state index contributed by atoms with van der Waals surface area (Å²) in [4.78, 5) is 17.5. The predicted molar refractivity (Wildman–Crippen MR) is 130 cm³/mol. The van der Waals surface area contributed by atoms with E-state index in [1.54, 1.807) is 26.1 Å². The minimum absolute atomic E-state index is 0.0490. The number of aliphatic hydroxyl groups is 1. The molecule has 1 saturated carbocycles. The number of aliphatic hydroxyl groups excluding tert-OH is 1. The summed E-state index contributed by atoms with van der Waals surface area (Å²) in [6.07, 6.45) is 3.76. The molecule has 0 bridgehead atoms. The van der Waals surface area contributed by atoms with E-state index in [1.165, 1.54) is 28.8 Å². The van der Waals surface area contributed by atoms with Gasteiger partial charge in [-0.15, -0.1) is 0 Å². The third kappa shape index (κ3) is 4.48. The summed E-state index contributed by atoms with van der Waals surface area (Å²) in [5.74, 6) is -1.43. The zero-order chi connectivity index (χ0) is 25.6. The van der Waals surface area contributed by atoms with Crippen LogP contribution in [0.4, 0.5) is 13.2 Å². The van der Waals surface area contributed by atoms with E-state index in [2.05, 4.69) is 0 Å². The van der Waals surface area contributed by atoms with E-state index in [9.17, 15) is 23.1 Å². The highest BCUT2D eigenvalue weighted by Gasteiger charge is 2.28. The maximum Gasteiger partial charge on any atom is 0.255 e. The quantitative estimate of drug-likeness (QED) is 0.366. The van der Waals surface area contributed by atoms with Crippen molar-refractivity contribution in [1.29, 1.82) is 0 Å². The number of hydrogen-bond donors (Lipinski definition) is 1. The van der Waals surface area contributed by atoms with Crippen LogP contribution in [0.1, 0.15) is 48.6 Å². The van der Waals surface area contributed by atoms with Crippen molar-refractivity contribution in [3.05, 3.63) is 93.5 Å². The van der Waals surface area contributed by atoms with Crippen LogP contribution in [0.3, 0.4) is 0 Å². The number of oxazole rings is 1. The van der Waals surface area contributed by atoms with Crippen molar-refractivity contribution >= 4 is 0 Å². The first kappa shape index (κ1) is 24.1. The number of benzene rings is 2. The number of aryl methyl sites for hydroxylation is 2. The van der Waals surface area contributed by atoms with Crippen LogP contribution in [0, 0.1) is 31.3 Å². The number of rotatable bonds is 4. The van der Waals surface area contributed by atoms with E-state index >= 15 is 0 Å². The molecular formula is C28H25F3N2O3. The van der Waals surface area contributed by atoms with Gasteiger partial charge in [-0.05, 0) is 81.0 Å². The molecule has 0 amide bonds. The number of hydrogen-bond acceptors (Lipinski definition) is 4. The van der Waals surface area contributed by atoms with Crippen molar-refractivity contribution in [3.8, 4) is 28.3 Å². The number of nitrogens with zero attached hydrogens (tertiary/aromatic N) is 2. The number of pyridine rings is 1. The highest BCUT2D eigenvalue weighted by molar-refractivity contribution is 5.77. The van der Waals surface area contributed by atoms with E-state index in [-0.39, 0.29) is 28.9 Å². The second-order valence-electron chi connectivity index (χ2n) is 9.37. The Kier molecular flexibility index (Phi) is 6.30. The van der Waals surface area contributed by atoms with Crippen molar-refractivity contribution in [1.82, 2.24) is 9.55 Å². The van der Waals surface area contributed by atoms with E-state index < -0.39 is 17.5 Å². The minimum atomic E-state index is -0.795. The first-order chi connectivity index (χ1) is 17.2. The lowest BCUT2D eigenvalue weighted by Gasteiger charge is -2.22. The van der Waals surface area contributed by atoms with Gasteiger partial charge in [0.25, 0.3) is 5.56 Å². The summed E-state index contributed by atoms with van der Waals surface area (Å²) in [5.41, 5.74) is 2.23. The molecule has 0 aliphatic heterocycles. The van der Waals surface area contributed by atoms with Crippen molar-refractivity contribution in [2.75, 3.05) is 0 Å². The molecule has 1 aliphatic rings. The molecule has 1 aliphatic carbocycles. The molecule has 8 heteroatoms. The molecular weight excluding hydrogens is 469 g/mol. The molecule has 1 N–H and O–H groups in total. The fourth-order valence-electron chi connectivity index (χ4n) is 4.97. The Morgan fingerprint density at radius 2 is 1.64 bits per heavy atom. The molecule has 0 radical (unpaired) electrons. The molecule has 36 heavy (non-hydrogen) atoms. The SMILES string of the molecule is Cc1cc(F)cc(C)c1-n1cc(-c2nc([C@H]3CC[C@@H](O)CC3)oc2-c2ccc(F)cc2F)ccc1=O. The molecule has 0 atom stereocenters. The van der Waals surface area contributed by atoms with Gasteiger partial charge in [0, 0.05) is 29.8 Å². The summed E-state index contributed by atoms with van der Waals surface area (Å²) in [6.45, 7) is 3.44. The van der Waals surface area contributed by atoms with Gasteiger partial charge in [0.1, 0.15) is 23.1 Å². The van der Waals surface area contributed by atoms with Gasteiger partial charge in [-0.3, -0.25) is 9.36 Å². The largest absolute Gasteiger partial charge is 0.440 e. The first-order valence-corrected chi connectivity index (χ1v) is 11.9. The number of aromatic nitrogens is 2. The van der Waals surface area contributed by atoms with E-state index in [0.717, 1.165) is 12.1 Å². The molecule has 1 fully saturated rings. The van der Waals surface area contributed by atoms with Gasteiger partial charge >= 0.3 is 0 Å². The Hall–Kier alpha value is -3.65. The van der Waals surface area contributed by atoms with Gasteiger partial charge < -0.3 is 9.52 Å². The third-order valence-corrected chi connectivity index (χ3v) is 6.75. The van der Waals surface area contributed by atoms with Crippen molar-refractivity contribution in [2.45, 2.75) is 51.6 Å². The van der Waals surface area contributed by atoms with Gasteiger partial charge in [-0.1, -0.05) is 0 Å². The Balaban J connectivity index is 1.68. The molecule has 2 aromatic carbocycles. The molecule has 0 saturated heterocycles. The molecule has 5 rings (SSSR count). The zero-order valence-corrected chi connectivity index (χ0v) is 19.9. The van der Waals surface area contributed by atoms with Gasteiger partial charge in [0.05, 0.1) is 17.4 Å². The summed E-state index contributed by atoms with van der Waals surface area (Å²) in [6, 6.07) is 8.88. The smallest absolute Gasteiger partial charge is 0.255 e. The van der Waals surface area contributed by atoms with E-state index in [4.69, 9.17) is 9.40 Å². The lowest BCUT2D eigenvalue weighted by molar-refractivity contribution is 0.118. The maximum absolute atomic E-state index is 14.8. The van der Waals surface area contributed by atoms with Crippen molar-refractivity contribution in [3.63, 3.8) is 0 Å². The highest BCUT2D eigenvalue weighted by atomic mass is 19.1. The van der Waals surface area contributed by atoms with E-state index in [0.29, 0.717) is 59.6 Å². The average molecular weight is 495 g/mol. The fraction of sp³-hybridized carbons (Fsp3) is 0.286. The molecule has 2 aromatic heterocycles. The second kappa shape index (κ2) is 9.43. The highest BCUT2D eigenvalue weighted by Crippen LogP contribution is 2.40.